The maximum atomic E-state index is 14.8. The maximum absolute atomic E-state index is 14.8. The van der Waals surface area contributed by atoms with Gasteiger partial charge in [-0.15, -0.1) is 0 Å². The number of hydrogen-bond donors (Lipinski definition) is 4. The number of aromatic nitrogens is 2. The number of piperidine rings is 1. The van der Waals surface area contributed by atoms with Crippen LogP contribution in [0.1, 0.15) is 41.7 Å². The quantitative estimate of drug-likeness (QED) is 0.373. The molecule has 4 N–H and O–H groups in total. The van der Waals surface area contributed by atoms with Gasteiger partial charge in [-0.2, -0.15) is 4.98 Å². The Kier molecular flexibility index (Phi) is 7.72. The third kappa shape index (κ3) is 5.87. The van der Waals surface area contributed by atoms with Crippen LogP contribution < -0.4 is 20.3 Å². The monoisotopic (exact) mass is 492 g/mol. The Balaban J connectivity index is 1.70. The summed E-state index contributed by atoms with van der Waals surface area (Å²) in [6.07, 6.45) is 1.53. The van der Waals surface area contributed by atoms with E-state index in [4.69, 9.17) is 5.11 Å². The molecule has 0 spiro atoms. The van der Waals surface area contributed by atoms with Crippen LogP contribution in [0.25, 0.3) is 0 Å². The second kappa shape index (κ2) is 10.7. The summed E-state index contributed by atoms with van der Waals surface area (Å²) in [6, 6.07) is 6.97. The van der Waals surface area contributed by atoms with Gasteiger partial charge in [0, 0.05) is 55.2 Å². The predicted molar refractivity (Wildman–Crippen MR) is 132 cm³/mol. The molecule has 4 rings (SSSR count). The molecule has 2 aliphatic rings. The van der Waals surface area contributed by atoms with Crippen molar-refractivity contribution in [2.75, 3.05) is 52.2 Å². The average molecular weight is 493 g/mol. The molecule has 0 saturated carbocycles. The van der Waals surface area contributed by atoms with Gasteiger partial charge >= 0.3 is 0 Å². The molecule has 2 aromatic rings. The highest BCUT2D eigenvalue weighted by molar-refractivity contribution is 8.00. The number of aliphatic hydroxyl groups excluding tert-OH is 1. The van der Waals surface area contributed by atoms with Gasteiger partial charge in [0.05, 0.1) is 17.9 Å². The van der Waals surface area contributed by atoms with Crippen LogP contribution in [-0.4, -0.2) is 58.9 Å². The minimum Gasteiger partial charge on any atom is -0.395 e. The van der Waals surface area contributed by atoms with Gasteiger partial charge in [0.2, 0.25) is 5.95 Å². The highest BCUT2D eigenvalue weighted by Crippen LogP contribution is 2.39. The largest absolute Gasteiger partial charge is 0.395 e. The van der Waals surface area contributed by atoms with Crippen LogP contribution in [0.2, 0.25) is 0 Å². The number of hydrogen-bond acceptors (Lipinski definition) is 8. The van der Waals surface area contributed by atoms with Crippen molar-refractivity contribution in [1.82, 2.24) is 9.97 Å². The van der Waals surface area contributed by atoms with Crippen molar-refractivity contribution in [3.8, 4) is 0 Å². The number of nitrogens with zero attached hydrogens (tertiary/aromatic N) is 3. The Morgan fingerprint density at radius 2 is 2.15 bits per heavy atom. The van der Waals surface area contributed by atoms with Crippen LogP contribution in [0, 0.1) is 12.8 Å². The molecule has 8 nitrogen and oxygen atoms in total. The summed E-state index contributed by atoms with van der Waals surface area (Å²) < 4.78 is 32.7. The number of rotatable bonds is 4. The molecule has 11 heteroatoms. The first-order valence-corrected chi connectivity index (χ1v) is 12.5. The lowest BCUT2D eigenvalue weighted by molar-refractivity contribution is -0.0753. The van der Waals surface area contributed by atoms with Crippen LogP contribution in [0.5, 0.6) is 0 Å². The Hall–Kier alpha value is -2.66. The third-order valence-corrected chi connectivity index (χ3v) is 6.84. The Morgan fingerprint density at radius 3 is 2.97 bits per heavy atom. The van der Waals surface area contributed by atoms with Gasteiger partial charge < -0.3 is 25.4 Å². The minimum atomic E-state index is -2.74. The highest BCUT2D eigenvalue weighted by Gasteiger charge is 2.44. The first-order chi connectivity index (χ1) is 16.4. The van der Waals surface area contributed by atoms with Crippen molar-refractivity contribution in [1.29, 1.82) is 0 Å². The normalized spacial score (nSPS) is 20.3. The molecule has 2 aliphatic heterocycles. The molecule has 1 atom stereocenters. The summed E-state index contributed by atoms with van der Waals surface area (Å²) in [6.45, 7) is 2.77. The Morgan fingerprint density at radius 1 is 1.29 bits per heavy atom. The number of benzene rings is 1. The number of carbonyl (C=O) groups is 1. The van der Waals surface area contributed by atoms with E-state index in [9.17, 15) is 13.6 Å². The number of aliphatic hydroxyl groups is 1. The topological polar surface area (TPSA) is 102 Å². The SMILES string of the molecule is Cc1cc2nc(n1)NCCCCC1CN(CCC1(F)F)c1cc(NSCCO)ccc1C(=O)N2. The van der Waals surface area contributed by atoms with E-state index in [1.54, 1.807) is 18.2 Å². The molecule has 3 heterocycles. The molecule has 1 saturated heterocycles. The molecular weight excluding hydrogens is 462 g/mol. The summed E-state index contributed by atoms with van der Waals surface area (Å²) in [5.41, 5.74) is 2.44. The van der Waals surface area contributed by atoms with E-state index in [0.717, 1.165) is 12.1 Å². The van der Waals surface area contributed by atoms with Gasteiger partial charge in [0.25, 0.3) is 11.8 Å². The third-order valence-electron chi connectivity index (χ3n) is 6.08. The van der Waals surface area contributed by atoms with Crippen molar-refractivity contribution in [2.24, 2.45) is 5.92 Å². The van der Waals surface area contributed by atoms with Gasteiger partial charge in [-0.25, -0.2) is 13.8 Å². The molecule has 1 amide bonds. The van der Waals surface area contributed by atoms with E-state index in [-0.39, 0.29) is 32.0 Å². The van der Waals surface area contributed by atoms with Crippen LogP contribution in [-0.2, 0) is 0 Å². The standard InChI is InChI=1S/C23H30F2N6O2S/c1-15-12-20-28-21(33)18-6-5-17(30-34-11-10-32)13-19(18)31-9-7-23(24,25)16(14-31)4-2-3-8-26-22(27-15)29-20/h5-6,12-13,16,30,32H,2-4,7-11,14H2,1H3,(H2,26,27,28,29,33). The van der Waals surface area contributed by atoms with Gasteiger partial charge in [0.1, 0.15) is 5.82 Å². The van der Waals surface area contributed by atoms with Crippen molar-refractivity contribution >= 4 is 41.0 Å². The fraction of sp³-hybridized carbons (Fsp3) is 0.522. The predicted octanol–water partition coefficient (Wildman–Crippen LogP) is 4.15. The Bertz CT molecular complexity index is 1020. The lowest BCUT2D eigenvalue weighted by Gasteiger charge is -2.40. The van der Waals surface area contributed by atoms with E-state index in [1.807, 2.05) is 17.9 Å². The zero-order chi connectivity index (χ0) is 24.1. The average Bonchev–Trinajstić information content (AvgIpc) is 2.79. The number of fused-ring (bicyclic) bond motifs is 6. The van der Waals surface area contributed by atoms with Crippen LogP contribution in [0.15, 0.2) is 24.3 Å². The van der Waals surface area contributed by atoms with Crippen LogP contribution in [0.4, 0.5) is 31.9 Å². The van der Waals surface area contributed by atoms with Crippen molar-refractivity contribution in [3.63, 3.8) is 0 Å². The Labute approximate surface area is 202 Å². The van der Waals surface area contributed by atoms with Gasteiger partial charge in [-0.05, 0) is 38.0 Å². The van der Waals surface area contributed by atoms with Gasteiger partial charge in [-0.1, -0.05) is 18.4 Å². The number of alkyl halides is 2. The summed E-state index contributed by atoms with van der Waals surface area (Å²) >= 11 is 1.34. The summed E-state index contributed by atoms with van der Waals surface area (Å²) in [5, 5.41) is 15.0. The molecule has 0 radical (unpaired) electrons. The lowest BCUT2D eigenvalue weighted by atomic mass is 9.88. The zero-order valence-corrected chi connectivity index (χ0v) is 19.9. The molecule has 1 aromatic heterocycles. The van der Waals surface area contributed by atoms with E-state index in [0.29, 0.717) is 53.9 Å². The molecule has 4 bridgehead atoms. The van der Waals surface area contributed by atoms with E-state index in [1.165, 1.54) is 11.9 Å². The first-order valence-electron chi connectivity index (χ1n) is 11.5. The smallest absolute Gasteiger partial charge is 0.258 e. The van der Waals surface area contributed by atoms with Crippen molar-refractivity contribution in [3.05, 3.63) is 35.5 Å². The van der Waals surface area contributed by atoms with Crippen LogP contribution in [0.3, 0.4) is 0 Å². The van der Waals surface area contributed by atoms with Crippen molar-refractivity contribution < 1.29 is 18.7 Å². The number of carbonyl (C=O) groups excluding carboxylic acids is 1. The molecular formula is C23H30F2N6O2S. The molecule has 1 unspecified atom stereocenters. The zero-order valence-electron chi connectivity index (χ0n) is 19.1. The lowest BCUT2D eigenvalue weighted by Crippen LogP contribution is -2.47. The van der Waals surface area contributed by atoms with Gasteiger partial charge in [-0.3, -0.25) is 4.79 Å². The van der Waals surface area contributed by atoms with Crippen LogP contribution >= 0.6 is 11.9 Å². The summed E-state index contributed by atoms with van der Waals surface area (Å²) in [5.74, 6) is -2.61. The number of anilines is 4. The molecule has 184 valence electrons. The molecule has 0 aliphatic carbocycles. The molecule has 1 fully saturated rings. The molecule has 1 aromatic carbocycles. The van der Waals surface area contributed by atoms with Crippen molar-refractivity contribution in [2.45, 2.75) is 38.5 Å². The highest BCUT2D eigenvalue weighted by atomic mass is 32.2. The fourth-order valence-corrected chi connectivity index (χ4v) is 4.83. The number of nitrogens with one attached hydrogen (secondary N) is 3. The van der Waals surface area contributed by atoms with E-state index in [2.05, 4.69) is 25.3 Å². The van der Waals surface area contributed by atoms with E-state index < -0.39 is 11.8 Å². The number of aryl methyl sites for hydroxylation is 1. The summed E-state index contributed by atoms with van der Waals surface area (Å²) in [7, 11) is 0. The fourth-order valence-electron chi connectivity index (χ4n) is 4.34. The number of halogens is 2. The second-order valence-corrected chi connectivity index (χ2v) is 9.56. The van der Waals surface area contributed by atoms with E-state index >= 15 is 0 Å². The minimum absolute atomic E-state index is 0.0308. The second-order valence-electron chi connectivity index (χ2n) is 8.65. The maximum Gasteiger partial charge on any atom is 0.258 e. The van der Waals surface area contributed by atoms with Gasteiger partial charge in [0.15, 0.2) is 0 Å². The first kappa shape index (κ1) is 24.5. The summed E-state index contributed by atoms with van der Waals surface area (Å²) in [4.78, 5) is 23.9. The number of amides is 1. The molecule has 34 heavy (non-hydrogen) atoms.